The van der Waals surface area contributed by atoms with E-state index in [1.165, 1.54) is 0 Å². The molecule has 0 atom stereocenters. The summed E-state index contributed by atoms with van der Waals surface area (Å²) in [5, 5.41) is 27.2. The SMILES string of the molecule is Cc1nc(C)c(C(=O)O)c(NCc2ccc(-c3ccccc3-c3nn[nH]n3)cc2)c1C.Cl. The summed E-state index contributed by atoms with van der Waals surface area (Å²) in [6.45, 7) is 5.98. The van der Waals surface area contributed by atoms with Crippen molar-refractivity contribution in [3.63, 3.8) is 0 Å². The molecule has 2 heterocycles. The van der Waals surface area contributed by atoms with E-state index in [-0.39, 0.29) is 18.0 Å². The van der Waals surface area contributed by atoms with Gasteiger partial charge >= 0.3 is 5.97 Å². The molecule has 0 saturated carbocycles. The van der Waals surface area contributed by atoms with Gasteiger partial charge in [-0.2, -0.15) is 5.21 Å². The topological polar surface area (TPSA) is 117 Å². The second-order valence-corrected chi connectivity index (χ2v) is 7.29. The van der Waals surface area contributed by atoms with E-state index in [0.29, 0.717) is 23.8 Å². The van der Waals surface area contributed by atoms with Gasteiger partial charge < -0.3 is 10.4 Å². The predicted molar refractivity (Wildman–Crippen MR) is 125 cm³/mol. The summed E-state index contributed by atoms with van der Waals surface area (Å²) in [6.07, 6.45) is 0. The molecular formula is C23H23ClN6O2. The fourth-order valence-corrected chi connectivity index (χ4v) is 3.62. The summed E-state index contributed by atoms with van der Waals surface area (Å²) in [4.78, 5) is 16.1. The first kappa shape index (κ1) is 22.9. The third-order valence-electron chi connectivity index (χ3n) is 5.33. The highest BCUT2D eigenvalue weighted by Crippen LogP contribution is 2.30. The molecule has 0 bridgehead atoms. The van der Waals surface area contributed by atoms with Crippen molar-refractivity contribution < 1.29 is 9.90 Å². The lowest BCUT2D eigenvalue weighted by Gasteiger charge is -2.16. The molecule has 8 nitrogen and oxygen atoms in total. The van der Waals surface area contributed by atoms with E-state index >= 15 is 0 Å². The Morgan fingerprint density at radius 2 is 1.69 bits per heavy atom. The van der Waals surface area contributed by atoms with Crippen molar-refractivity contribution >= 4 is 24.1 Å². The normalized spacial score (nSPS) is 10.5. The minimum Gasteiger partial charge on any atom is -0.478 e. The zero-order valence-electron chi connectivity index (χ0n) is 17.9. The van der Waals surface area contributed by atoms with Crippen LogP contribution in [0.2, 0.25) is 0 Å². The van der Waals surface area contributed by atoms with Crippen LogP contribution in [-0.2, 0) is 6.54 Å². The average Bonchev–Trinajstić information content (AvgIpc) is 3.30. The molecule has 0 fully saturated rings. The number of aryl methyl sites for hydroxylation is 2. The van der Waals surface area contributed by atoms with Crippen molar-refractivity contribution in [3.05, 3.63) is 76.6 Å². The Bertz CT molecular complexity index is 1240. The van der Waals surface area contributed by atoms with Crippen LogP contribution in [0.15, 0.2) is 48.5 Å². The number of halogens is 1. The van der Waals surface area contributed by atoms with Gasteiger partial charge in [-0.1, -0.05) is 48.5 Å². The first-order chi connectivity index (χ1) is 15.0. The molecule has 32 heavy (non-hydrogen) atoms. The number of tetrazole rings is 1. The molecule has 0 aliphatic rings. The van der Waals surface area contributed by atoms with E-state index in [4.69, 9.17) is 0 Å². The lowest BCUT2D eigenvalue weighted by atomic mass is 9.98. The number of anilines is 1. The van der Waals surface area contributed by atoms with E-state index in [9.17, 15) is 9.90 Å². The second-order valence-electron chi connectivity index (χ2n) is 7.29. The minimum atomic E-state index is -0.982. The van der Waals surface area contributed by atoms with Gasteiger partial charge in [0.2, 0.25) is 5.82 Å². The number of nitrogens with one attached hydrogen (secondary N) is 2. The zero-order valence-corrected chi connectivity index (χ0v) is 18.7. The second kappa shape index (κ2) is 9.57. The molecule has 164 valence electrons. The summed E-state index contributed by atoms with van der Waals surface area (Å²) >= 11 is 0. The Morgan fingerprint density at radius 1 is 1.00 bits per heavy atom. The van der Waals surface area contributed by atoms with Gasteiger partial charge in [-0.05, 0) is 48.2 Å². The molecule has 2 aromatic heterocycles. The molecule has 2 aromatic carbocycles. The number of aromatic amines is 1. The van der Waals surface area contributed by atoms with Crippen LogP contribution >= 0.6 is 12.4 Å². The van der Waals surface area contributed by atoms with Crippen LogP contribution in [0.5, 0.6) is 0 Å². The number of aromatic nitrogens is 5. The smallest absolute Gasteiger partial charge is 0.339 e. The number of hydrogen-bond acceptors (Lipinski definition) is 6. The van der Waals surface area contributed by atoms with Crippen LogP contribution in [0.3, 0.4) is 0 Å². The maximum atomic E-state index is 11.8. The lowest BCUT2D eigenvalue weighted by molar-refractivity contribution is 0.0696. The number of carbonyl (C=O) groups is 1. The molecule has 0 spiro atoms. The van der Waals surface area contributed by atoms with E-state index < -0.39 is 5.97 Å². The van der Waals surface area contributed by atoms with E-state index in [2.05, 4.69) is 30.9 Å². The van der Waals surface area contributed by atoms with Gasteiger partial charge in [0.15, 0.2) is 0 Å². The maximum Gasteiger partial charge on any atom is 0.339 e. The Hall–Kier alpha value is -3.78. The Balaban J connectivity index is 0.00000289. The third kappa shape index (κ3) is 4.45. The molecule has 4 aromatic rings. The Kier molecular flexibility index (Phi) is 6.85. The summed E-state index contributed by atoms with van der Waals surface area (Å²) in [7, 11) is 0. The average molecular weight is 451 g/mol. The van der Waals surface area contributed by atoms with Gasteiger partial charge in [0.05, 0.1) is 11.4 Å². The Labute approximate surface area is 191 Å². The van der Waals surface area contributed by atoms with Gasteiger partial charge in [0, 0.05) is 17.8 Å². The van der Waals surface area contributed by atoms with Crippen LogP contribution in [0.4, 0.5) is 5.69 Å². The maximum absolute atomic E-state index is 11.8. The van der Waals surface area contributed by atoms with Gasteiger partial charge in [-0.3, -0.25) is 4.98 Å². The number of pyridine rings is 1. The standard InChI is InChI=1S/C23H22N6O2.ClH/c1-13-14(2)25-15(3)20(23(30)31)21(13)24-12-16-8-10-17(11-9-16)18-6-4-5-7-19(18)22-26-28-29-27-22;/h4-11H,12H2,1-3H3,(H,24,25)(H,30,31)(H,26,27,28,29);1H. The van der Waals surface area contributed by atoms with Gasteiger partial charge in [0.25, 0.3) is 0 Å². The number of carboxylic acid groups (broad SMARTS) is 1. The number of carboxylic acids is 1. The number of hydrogen-bond donors (Lipinski definition) is 3. The first-order valence-electron chi connectivity index (χ1n) is 9.83. The number of nitrogens with zero attached hydrogens (tertiary/aromatic N) is 4. The lowest BCUT2D eigenvalue weighted by Crippen LogP contribution is -2.12. The van der Waals surface area contributed by atoms with Crippen molar-refractivity contribution in [3.8, 4) is 22.5 Å². The fourth-order valence-electron chi connectivity index (χ4n) is 3.62. The Morgan fingerprint density at radius 3 is 2.31 bits per heavy atom. The van der Waals surface area contributed by atoms with Crippen LogP contribution < -0.4 is 5.32 Å². The molecule has 0 saturated heterocycles. The predicted octanol–water partition coefficient (Wildman–Crippen LogP) is 4.59. The number of rotatable bonds is 6. The molecule has 9 heteroatoms. The number of benzene rings is 2. The molecule has 0 aliphatic heterocycles. The van der Waals surface area contributed by atoms with Crippen molar-refractivity contribution in [2.75, 3.05) is 5.32 Å². The molecule has 0 radical (unpaired) electrons. The monoisotopic (exact) mass is 450 g/mol. The highest BCUT2D eigenvalue weighted by molar-refractivity contribution is 5.96. The van der Waals surface area contributed by atoms with Crippen molar-refractivity contribution in [1.82, 2.24) is 25.6 Å². The van der Waals surface area contributed by atoms with Crippen molar-refractivity contribution in [2.24, 2.45) is 0 Å². The highest BCUT2D eigenvalue weighted by atomic mass is 35.5. The quantitative estimate of drug-likeness (QED) is 0.393. The summed E-state index contributed by atoms with van der Waals surface area (Å²) in [5.74, 6) is -0.439. The fraction of sp³-hybridized carbons (Fsp3) is 0.174. The van der Waals surface area contributed by atoms with Gasteiger partial charge in [0.1, 0.15) is 5.56 Å². The highest BCUT2D eigenvalue weighted by Gasteiger charge is 2.18. The van der Waals surface area contributed by atoms with E-state index in [1.54, 1.807) is 6.92 Å². The van der Waals surface area contributed by atoms with Crippen LogP contribution in [0.25, 0.3) is 22.5 Å². The summed E-state index contributed by atoms with van der Waals surface area (Å²) in [6, 6.07) is 16.0. The molecule has 3 N–H and O–H groups in total. The van der Waals surface area contributed by atoms with E-state index in [0.717, 1.165) is 33.5 Å². The first-order valence-corrected chi connectivity index (χ1v) is 9.83. The summed E-state index contributed by atoms with van der Waals surface area (Å²) < 4.78 is 0. The molecule has 4 rings (SSSR count). The van der Waals surface area contributed by atoms with E-state index in [1.807, 2.05) is 62.4 Å². The molecule has 0 unspecified atom stereocenters. The van der Waals surface area contributed by atoms with Gasteiger partial charge in [-0.25, -0.2) is 4.79 Å². The van der Waals surface area contributed by atoms with Crippen LogP contribution in [0.1, 0.15) is 32.9 Å². The van der Waals surface area contributed by atoms with Crippen molar-refractivity contribution in [1.29, 1.82) is 0 Å². The summed E-state index contributed by atoms with van der Waals surface area (Å²) in [5.41, 5.74) is 6.96. The van der Waals surface area contributed by atoms with Crippen molar-refractivity contribution in [2.45, 2.75) is 27.3 Å². The molecular weight excluding hydrogens is 428 g/mol. The number of aromatic carboxylic acids is 1. The van der Waals surface area contributed by atoms with Crippen LogP contribution in [0, 0.1) is 20.8 Å². The largest absolute Gasteiger partial charge is 0.478 e. The molecule has 0 aliphatic carbocycles. The third-order valence-corrected chi connectivity index (χ3v) is 5.33. The zero-order chi connectivity index (χ0) is 22.0. The van der Waals surface area contributed by atoms with Crippen LogP contribution in [-0.4, -0.2) is 36.7 Å². The number of H-pyrrole nitrogens is 1. The minimum absolute atomic E-state index is 0. The van der Waals surface area contributed by atoms with Gasteiger partial charge in [-0.15, -0.1) is 22.6 Å². The molecule has 0 amide bonds.